The van der Waals surface area contributed by atoms with Gasteiger partial charge in [0.15, 0.2) is 0 Å². The molecule has 3 heterocycles. The van der Waals surface area contributed by atoms with Gasteiger partial charge in [0, 0.05) is 50.1 Å². The van der Waals surface area contributed by atoms with Gasteiger partial charge < -0.3 is 9.80 Å². The summed E-state index contributed by atoms with van der Waals surface area (Å²) in [7, 11) is 0. The second-order valence-electron chi connectivity index (χ2n) is 11.7. The normalized spacial score (nSPS) is 13.6. The Morgan fingerprint density at radius 3 is 2.23 bits per heavy atom. The molecule has 0 saturated carbocycles. The minimum atomic E-state index is -4.57. The molecule has 0 aliphatic carbocycles. The lowest BCUT2D eigenvalue weighted by atomic mass is 9.97. The summed E-state index contributed by atoms with van der Waals surface area (Å²) in [6.45, 7) is 1.09. The zero-order chi connectivity index (χ0) is 33.5. The number of hydrogen-bond acceptors (Lipinski definition) is 4. The highest BCUT2D eigenvalue weighted by molar-refractivity contribution is 5.95. The van der Waals surface area contributed by atoms with Crippen molar-refractivity contribution in [2.45, 2.75) is 38.1 Å². The summed E-state index contributed by atoms with van der Waals surface area (Å²) in [5.74, 6) is -0.619. The van der Waals surface area contributed by atoms with Gasteiger partial charge in [-0.15, -0.1) is 0 Å². The molecule has 1 atom stereocenters. The first-order valence-electron chi connectivity index (χ1n) is 15.7. The molecule has 0 fully saturated rings. The summed E-state index contributed by atoms with van der Waals surface area (Å²) in [4.78, 5) is 39.9. The Morgan fingerprint density at radius 1 is 0.812 bits per heavy atom. The molecule has 5 aromatic rings. The number of rotatable bonds is 9. The van der Waals surface area contributed by atoms with E-state index in [1.165, 1.54) is 23.8 Å². The zero-order valence-corrected chi connectivity index (χ0v) is 26.1. The summed E-state index contributed by atoms with van der Waals surface area (Å²) in [6.07, 6.45) is 1.94. The van der Waals surface area contributed by atoms with Gasteiger partial charge in [-0.25, -0.2) is 0 Å². The van der Waals surface area contributed by atoms with E-state index in [9.17, 15) is 22.8 Å². The minimum absolute atomic E-state index is 0.130. The van der Waals surface area contributed by atoms with Crippen LogP contribution in [0.3, 0.4) is 0 Å². The minimum Gasteiger partial charge on any atom is -0.336 e. The molecule has 0 spiro atoms. The standard InChI is InChI=1S/C39H33F3N4O2/c40-39(41,42)36-19-15-29(25-44-36)16-20-37(47)46(26-30-13-17-32(18-14-30)34-12-6-7-22-43-34)35(24-28-8-2-1-3-9-28)38(48)45-23-21-31-10-4-5-11-33(31)27-45/h1-20,22,25,35H,21,23-24,26-27H2/b20-16+/t35-/m0/s1. The molecule has 48 heavy (non-hydrogen) atoms. The quantitative estimate of drug-likeness (QED) is 0.157. The number of fused-ring (bicyclic) bond motifs is 1. The molecule has 0 bridgehead atoms. The first kappa shape index (κ1) is 32.4. The van der Waals surface area contributed by atoms with Crippen molar-refractivity contribution >= 4 is 17.9 Å². The molecule has 0 saturated heterocycles. The van der Waals surface area contributed by atoms with Crippen LogP contribution in [-0.4, -0.2) is 44.2 Å². The Labute approximate surface area is 277 Å². The molecule has 242 valence electrons. The molecule has 0 radical (unpaired) electrons. The number of alkyl halides is 3. The molecule has 0 unspecified atom stereocenters. The first-order chi connectivity index (χ1) is 23.2. The monoisotopic (exact) mass is 646 g/mol. The first-order valence-corrected chi connectivity index (χ1v) is 15.7. The van der Waals surface area contributed by atoms with Crippen LogP contribution in [0.15, 0.2) is 128 Å². The fourth-order valence-corrected chi connectivity index (χ4v) is 5.85. The van der Waals surface area contributed by atoms with Crippen molar-refractivity contribution in [3.05, 3.63) is 161 Å². The summed E-state index contributed by atoms with van der Waals surface area (Å²) in [5.41, 5.74) is 5.02. The van der Waals surface area contributed by atoms with Crippen LogP contribution in [0, 0.1) is 0 Å². The average Bonchev–Trinajstić information content (AvgIpc) is 3.12. The van der Waals surface area contributed by atoms with Crippen molar-refractivity contribution in [3.8, 4) is 11.3 Å². The maximum atomic E-state index is 14.5. The Balaban J connectivity index is 1.34. The maximum absolute atomic E-state index is 14.5. The third-order valence-corrected chi connectivity index (χ3v) is 8.42. The van der Waals surface area contributed by atoms with Gasteiger partial charge in [0.1, 0.15) is 11.7 Å². The van der Waals surface area contributed by atoms with E-state index in [1.54, 1.807) is 11.1 Å². The van der Waals surface area contributed by atoms with E-state index in [0.29, 0.717) is 25.1 Å². The van der Waals surface area contributed by atoms with Gasteiger partial charge in [0.25, 0.3) is 0 Å². The fraction of sp³-hybridized carbons (Fsp3) is 0.179. The van der Waals surface area contributed by atoms with Gasteiger partial charge in [0.05, 0.1) is 5.69 Å². The molecule has 1 aliphatic heterocycles. The smallest absolute Gasteiger partial charge is 0.336 e. The Hall–Kier alpha value is -5.57. The highest BCUT2D eigenvalue weighted by Gasteiger charge is 2.34. The van der Waals surface area contributed by atoms with Crippen molar-refractivity contribution in [2.75, 3.05) is 6.54 Å². The Kier molecular flexibility index (Phi) is 9.75. The van der Waals surface area contributed by atoms with Gasteiger partial charge in [-0.1, -0.05) is 91.0 Å². The van der Waals surface area contributed by atoms with Crippen LogP contribution in [0.5, 0.6) is 0 Å². The van der Waals surface area contributed by atoms with E-state index in [4.69, 9.17) is 0 Å². The zero-order valence-electron chi connectivity index (χ0n) is 26.1. The van der Waals surface area contributed by atoms with Crippen LogP contribution in [-0.2, 0) is 41.7 Å². The van der Waals surface area contributed by atoms with Crippen LogP contribution in [0.1, 0.15) is 33.5 Å². The van der Waals surface area contributed by atoms with Gasteiger partial charge in [0.2, 0.25) is 11.8 Å². The second-order valence-corrected chi connectivity index (χ2v) is 11.7. The average molecular weight is 647 g/mol. The lowest BCUT2D eigenvalue weighted by Crippen LogP contribution is -2.52. The highest BCUT2D eigenvalue weighted by atomic mass is 19.4. The number of aromatic nitrogens is 2. The predicted molar refractivity (Wildman–Crippen MR) is 178 cm³/mol. The molecular weight excluding hydrogens is 613 g/mol. The molecule has 2 amide bonds. The van der Waals surface area contributed by atoms with E-state index in [1.807, 2.05) is 95.9 Å². The number of hydrogen-bond donors (Lipinski definition) is 0. The largest absolute Gasteiger partial charge is 0.433 e. The molecule has 3 aromatic carbocycles. The SMILES string of the molecule is O=C([C@H](Cc1ccccc1)N(Cc1ccc(-c2ccccn2)cc1)C(=O)/C=C/c1ccc(C(F)(F)F)nc1)N1CCc2ccccc2C1. The number of amides is 2. The number of carbonyl (C=O) groups excluding carboxylic acids is 2. The summed E-state index contributed by atoms with van der Waals surface area (Å²) >= 11 is 0. The number of carbonyl (C=O) groups is 2. The highest BCUT2D eigenvalue weighted by Crippen LogP contribution is 2.28. The molecule has 6 rings (SSSR count). The number of pyridine rings is 2. The van der Waals surface area contributed by atoms with E-state index in [2.05, 4.69) is 16.0 Å². The van der Waals surface area contributed by atoms with Crippen molar-refractivity contribution in [3.63, 3.8) is 0 Å². The topological polar surface area (TPSA) is 66.4 Å². The Morgan fingerprint density at radius 2 is 1.54 bits per heavy atom. The summed E-state index contributed by atoms with van der Waals surface area (Å²) in [6, 6.07) is 32.2. The summed E-state index contributed by atoms with van der Waals surface area (Å²) in [5, 5.41) is 0. The van der Waals surface area contributed by atoms with Crippen molar-refractivity contribution in [2.24, 2.45) is 0 Å². The van der Waals surface area contributed by atoms with Gasteiger partial charge in [-0.3, -0.25) is 19.6 Å². The fourth-order valence-electron chi connectivity index (χ4n) is 5.85. The third kappa shape index (κ3) is 7.86. The van der Waals surface area contributed by atoms with Crippen molar-refractivity contribution in [1.82, 2.24) is 19.8 Å². The van der Waals surface area contributed by atoms with Gasteiger partial charge in [-0.05, 0) is 58.5 Å². The molecule has 0 N–H and O–H groups in total. The van der Waals surface area contributed by atoms with Crippen molar-refractivity contribution in [1.29, 1.82) is 0 Å². The van der Waals surface area contributed by atoms with Crippen LogP contribution < -0.4 is 0 Å². The lowest BCUT2D eigenvalue weighted by molar-refractivity contribution is -0.144. The third-order valence-electron chi connectivity index (χ3n) is 8.42. The van der Waals surface area contributed by atoms with E-state index >= 15 is 0 Å². The van der Waals surface area contributed by atoms with Crippen LogP contribution in [0.4, 0.5) is 13.2 Å². The molecule has 1 aliphatic rings. The maximum Gasteiger partial charge on any atom is 0.433 e. The van der Waals surface area contributed by atoms with E-state index in [0.717, 1.165) is 40.2 Å². The number of nitrogens with zero attached hydrogens (tertiary/aromatic N) is 4. The van der Waals surface area contributed by atoms with Crippen LogP contribution in [0.25, 0.3) is 17.3 Å². The van der Waals surface area contributed by atoms with Crippen LogP contribution in [0.2, 0.25) is 0 Å². The number of halogens is 3. The van der Waals surface area contributed by atoms with Gasteiger partial charge in [-0.2, -0.15) is 13.2 Å². The van der Waals surface area contributed by atoms with E-state index < -0.39 is 23.8 Å². The van der Waals surface area contributed by atoms with Crippen LogP contribution >= 0.6 is 0 Å². The second kappa shape index (κ2) is 14.5. The molecule has 6 nitrogen and oxygen atoms in total. The molecule has 2 aromatic heterocycles. The molecular formula is C39H33F3N4O2. The van der Waals surface area contributed by atoms with Crippen molar-refractivity contribution < 1.29 is 22.8 Å². The number of benzene rings is 3. The molecule has 9 heteroatoms. The lowest BCUT2D eigenvalue weighted by Gasteiger charge is -2.37. The summed E-state index contributed by atoms with van der Waals surface area (Å²) < 4.78 is 39.2. The predicted octanol–water partition coefficient (Wildman–Crippen LogP) is 7.40. The van der Waals surface area contributed by atoms with E-state index in [-0.39, 0.29) is 18.9 Å². The Bertz CT molecular complexity index is 1880. The van der Waals surface area contributed by atoms with Gasteiger partial charge >= 0.3 is 6.18 Å².